The fourth-order valence-corrected chi connectivity index (χ4v) is 5.52. The van der Waals surface area contributed by atoms with E-state index in [0.29, 0.717) is 27.8 Å². The first-order chi connectivity index (χ1) is 14.4. The summed E-state index contributed by atoms with van der Waals surface area (Å²) in [6.45, 7) is 5.74. The van der Waals surface area contributed by atoms with Crippen LogP contribution < -0.4 is 10.9 Å². The lowest BCUT2D eigenvalue weighted by molar-refractivity contribution is -0.115. The van der Waals surface area contributed by atoms with Crippen LogP contribution in [0.25, 0.3) is 0 Å². The molecule has 0 aliphatic heterocycles. The van der Waals surface area contributed by atoms with Gasteiger partial charge in [0.1, 0.15) is 5.00 Å². The molecular formula is C21H27N3O4S2. The van der Waals surface area contributed by atoms with Crippen molar-refractivity contribution in [3.8, 4) is 0 Å². The van der Waals surface area contributed by atoms with Gasteiger partial charge in [-0.05, 0) is 51.5 Å². The first-order valence-electron chi connectivity index (χ1n) is 10.3. The second kappa shape index (κ2) is 10.3. The van der Waals surface area contributed by atoms with Gasteiger partial charge in [0, 0.05) is 16.6 Å². The van der Waals surface area contributed by atoms with Crippen LogP contribution in [0.3, 0.4) is 0 Å². The molecule has 0 fully saturated rings. The van der Waals surface area contributed by atoms with Crippen LogP contribution in [0.4, 0.5) is 5.00 Å². The van der Waals surface area contributed by atoms with Gasteiger partial charge in [-0.1, -0.05) is 25.1 Å². The highest BCUT2D eigenvalue weighted by Crippen LogP contribution is 2.38. The molecule has 1 aliphatic rings. The van der Waals surface area contributed by atoms with Gasteiger partial charge >= 0.3 is 5.97 Å². The van der Waals surface area contributed by atoms with E-state index in [4.69, 9.17) is 4.74 Å². The van der Waals surface area contributed by atoms with Crippen molar-refractivity contribution >= 4 is 40.0 Å². The Morgan fingerprint density at radius 3 is 2.80 bits per heavy atom. The molecule has 162 valence electrons. The van der Waals surface area contributed by atoms with Gasteiger partial charge in [0.05, 0.1) is 17.4 Å². The molecule has 1 aliphatic carbocycles. The van der Waals surface area contributed by atoms with Crippen molar-refractivity contribution in [3.63, 3.8) is 0 Å². The topological polar surface area (TPSA) is 101 Å². The van der Waals surface area contributed by atoms with Crippen molar-refractivity contribution in [2.75, 3.05) is 11.9 Å². The molecular weight excluding hydrogens is 422 g/mol. The SMILES string of the molecule is CCOC(=O)c1c(NC(=O)C(C)Sc2nc(CC)cc(=O)[nH]2)sc2c1CCCCC2. The number of nitrogens with one attached hydrogen (secondary N) is 2. The van der Waals surface area contributed by atoms with E-state index >= 15 is 0 Å². The van der Waals surface area contributed by atoms with Gasteiger partial charge in [-0.25, -0.2) is 9.78 Å². The number of anilines is 1. The number of thioether (sulfide) groups is 1. The van der Waals surface area contributed by atoms with Gasteiger partial charge < -0.3 is 15.0 Å². The number of carbonyl (C=O) groups excluding carboxylic acids is 2. The summed E-state index contributed by atoms with van der Waals surface area (Å²) < 4.78 is 5.27. The molecule has 0 saturated heterocycles. The van der Waals surface area contributed by atoms with Crippen molar-refractivity contribution in [3.05, 3.63) is 38.1 Å². The van der Waals surface area contributed by atoms with Gasteiger partial charge in [0.25, 0.3) is 5.56 Å². The average Bonchev–Trinajstić information content (AvgIpc) is 2.88. The van der Waals surface area contributed by atoms with E-state index in [1.807, 2.05) is 6.92 Å². The van der Waals surface area contributed by atoms with Crippen molar-refractivity contribution in [2.24, 2.45) is 0 Å². The predicted molar refractivity (Wildman–Crippen MR) is 120 cm³/mol. The number of fused-ring (bicyclic) bond motifs is 1. The molecule has 2 aromatic rings. The number of H-pyrrole nitrogens is 1. The Morgan fingerprint density at radius 1 is 1.30 bits per heavy atom. The monoisotopic (exact) mass is 449 g/mol. The molecule has 7 nitrogen and oxygen atoms in total. The Balaban J connectivity index is 1.81. The maximum absolute atomic E-state index is 12.9. The van der Waals surface area contributed by atoms with Crippen molar-refractivity contribution in [1.29, 1.82) is 0 Å². The minimum atomic E-state index is -0.503. The summed E-state index contributed by atoms with van der Waals surface area (Å²) in [7, 11) is 0. The molecule has 0 spiro atoms. The molecule has 1 atom stereocenters. The van der Waals surface area contributed by atoms with Crippen molar-refractivity contribution in [1.82, 2.24) is 9.97 Å². The van der Waals surface area contributed by atoms with Crippen molar-refractivity contribution in [2.45, 2.75) is 69.7 Å². The number of nitrogens with zero attached hydrogens (tertiary/aromatic N) is 1. The number of thiophene rings is 1. The molecule has 0 bridgehead atoms. The Labute approximate surface area is 184 Å². The maximum Gasteiger partial charge on any atom is 0.341 e. The predicted octanol–water partition coefficient (Wildman–Crippen LogP) is 3.96. The number of aromatic amines is 1. The number of aromatic nitrogens is 2. The number of rotatable bonds is 7. The zero-order valence-electron chi connectivity index (χ0n) is 17.5. The van der Waals surface area contributed by atoms with Gasteiger partial charge in [0.15, 0.2) is 5.16 Å². The molecule has 1 amide bonds. The Morgan fingerprint density at radius 2 is 2.07 bits per heavy atom. The molecule has 9 heteroatoms. The molecule has 2 aromatic heterocycles. The summed E-state index contributed by atoms with van der Waals surface area (Å²) >= 11 is 2.66. The molecule has 3 rings (SSSR count). The van der Waals surface area contributed by atoms with E-state index in [1.165, 1.54) is 29.2 Å². The normalized spacial score (nSPS) is 14.5. The lowest BCUT2D eigenvalue weighted by atomic mass is 10.1. The Bertz CT molecular complexity index is 983. The molecule has 2 N–H and O–H groups in total. The zero-order valence-corrected chi connectivity index (χ0v) is 19.1. The average molecular weight is 450 g/mol. The number of esters is 1. The van der Waals surface area contributed by atoms with Crippen LogP contribution in [0.15, 0.2) is 16.0 Å². The molecule has 30 heavy (non-hydrogen) atoms. The van der Waals surface area contributed by atoms with Crippen LogP contribution >= 0.6 is 23.1 Å². The third-order valence-electron chi connectivity index (χ3n) is 4.93. The van der Waals surface area contributed by atoms with E-state index in [0.717, 1.165) is 42.5 Å². The third kappa shape index (κ3) is 5.31. The summed E-state index contributed by atoms with van der Waals surface area (Å²) in [4.78, 5) is 45.5. The Kier molecular flexibility index (Phi) is 7.71. The lowest BCUT2D eigenvalue weighted by Gasteiger charge is -2.12. The van der Waals surface area contributed by atoms with Crippen LogP contribution in [0.1, 0.15) is 66.5 Å². The summed E-state index contributed by atoms with van der Waals surface area (Å²) in [6, 6.07) is 1.46. The zero-order chi connectivity index (χ0) is 21.7. The number of hydrogen-bond donors (Lipinski definition) is 2. The second-order valence-corrected chi connectivity index (χ2v) is 9.57. The van der Waals surface area contributed by atoms with Crippen LogP contribution in [0.5, 0.6) is 0 Å². The number of carbonyl (C=O) groups is 2. The molecule has 0 aromatic carbocycles. The first kappa shape index (κ1) is 22.6. The minimum Gasteiger partial charge on any atom is -0.462 e. The van der Waals surface area contributed by atoms with E-state index in [1.54, 1.807) is 13.8 Å². The summed E-state index contributed by atoms with van der Waals surface area (Å²) in [5, 5.41) is 3.39. The van der Waals surface area contributed by atoms with Crippen LogP contribution in [0.2, 0.25) is 0 Å². The summed E-state index contributed by atoms with van der Waals surface area (Å²) in [5.74, 6) is -0.624. The molecule has 2 heterocycles. The number of hydrogen-bond acceptors (Lipinski definition) is 7. The summed E-state index contributed by atoms with van der Waals surface area (Å²) in [6.07, 6.45) is 5.64. The third-order valence-corrected chi connectivity index (χ3v) is 7.12. The highest BCUT2D eigenvalue weighted by molar-refractivity contribution is 8.00. The number of aryl methyl sites for hydroxylation is 2. The second-order valence-electron chi connectivity index (χ2n) is 7.13. The molecule has 1 unspecified atom stereocenters. The van der Waals surface area contributed by atoms with E-state index < -0.39 is 5.25 Å². The largest absolute Gasteiger partial charge is 0.462 e. The van der Waals surface area contributed by atoms with Gasteiger partial charge in [-0.15, -0.1) is 11.3 Å². The van der Waals surface area contributed by atoms with E-state index in [9.17, 15) is 14.4 Å². The quantitative estimate of drug-likeness (QED) is 0.287. The van der Waals surface area contributed by atoms with E-state index in [-0.39, 0.29) is 24.0 Å². The number of ether oxygens (including phenoxy) is 1. The smallest absolute Gasteiger partial charge is 0.341 e. The maximum atomic E-state index is 12.9. The van der Waals surface area contributed by atoms with Crippen molar-refractivity contribution < 1.29 is 14.3 Å². The summed E-state index contributed by atoms with van der Waals surface area (Å²) in [5.41, 5.74) is 1.97. The van der Waals surface area contributed by atoms with Crippen LogP contribution in [-0.2, 0) is 28.8 Å². The van der Waals surface area contributed by atoms with Crippen LogP contribution in [0, 0.1) is 0 Å². The van der Waals surface area contributed by atoms with Gasteiger partial charge in [0.2, 0.25) is 5.91 Å². The molecule has 0 radical (unpaired) electrons. The van der Waals surface area contributed by atoms with Gasteiger partial charge in [-0.3, -0.25) is 9.59 Å². The highest BCUT2D eigenvalue weighted by atomic mass is 32.2. The fourth-order valence-electron chi connectivity index (χ4n) is 3.40. The lowest BCUT2D eigenvalue weighted by Crippen LogP contribution is -2.24. The Hall–Kier alpha value is -2.13. The van der Waals surface area contributed by atoms with E-state index in [2.05, 4.69) is 15.3 Å². The highest BCUT2D eigenvalue weighted by Gasteiger charge is 2.28. The molecule has 0 saturated carbocycles. The first-order valence-corrected chi connectivity index (χ1v) is 12.0. The van der Waals surface area contributed by atoms with Crippen LogP contribution in [-0.4, -0.2) is 33.7 Å². The minimum absolute atomic E-state index is 0.233. The number of amides is 1. The standard InChI is InChI=1S/C21H27N3O4S2/c1-4-13-11-16(25)23-21(22-13)29-12(3)18(26)24-19-17(20(27)28-5-2)14-9-7-6-8-10-15(14)30-19/h11-12H,4-10H2,1-3H3,(H,24,26)(H,22,23,25). The van der Waals surface area contributed by atoms with Gasteiger partial charge in [-0.2, -0.15) is 0 Å². The fraction of sp³-hybridized carbons (Fsp3) is 0.524.